The van der Waals surface area contributed by atoms with Crippen LogP contribution in [0.2, 0.25) is 0 Å². The predicted molar refractivity (Wildman–Crippen MR) is 94.3 cm³/mol. The van der Waals surface area contributed by atoms with Crippen LogP contribution in [-0.2, 0) is 6.54 Å². The maximum atomic E-state index is 12.2. The lowest BCUT2D eigenvalue weighted by Crippen LogP contribution is -2.32. The van der Waals surface area contributed by atoms with E-state index in [0.29, 0.717) is 18.8 Å². The SMILES string of the molecule is CCN(Cc1ccc(I)cc1)C(=O)Oc1ccc(OC)cc1. The Morgan fingerprint density at radius 1 is 1.05 bits per heavy atom. The van der Waals surface area contributed by atoms with Crippen LogP contribution in [0.15, 0.2) is 48.5 Å². The number of carbonyl (C=O) groups excluding carboxylic acids is 1. The lowest BCUT2D eigenvalue weighted by molar-refractivity contribution is 0.152. The van der Waals surface area contributed by atoms with Gasteiger partial charge >= 0.3 is 6.09 Å². The molecule has 0 N–H and O–H groups in total. The maximum absolute atomic E-state index is 12.2. The van der Waals surface area contributed by atoms with Gasteiger partial charge in [-0.1, -0.05) is 12.1 Å². The van der Waals surface area contributed by atoms with Crippen LogP contribution in [0.4, 0.5) is 4.79 Å². The van der Waals surface area contributed by atoms with Gasteiger partial charge in [0.2, 0.25) is 0 Å². The number of rotatable bonds is 5. The van der Waals surface area contributed by atoms with Crippen LogP contribution in [0.3, 0.4) is 0 Å². The minimum Gasteiger partial charge on any atom is -0.497 e. The van der Waals surface area contributed by atoms with Gasteiger partial charge < -0.3 is 14.4 Å². The van der Waals surface area contributed by atoms with E-state index < -0.39 is 0 Å². The standard InChI is InChI=1S/C17H18INO3/c1-3-19(12-13-4-6-14(18)7-5-13)17(20)22-16-10-8-15(21-2)9-11-16/h4-11H,3,12H2,1-2H3. The average molecular weight is 411 g/mol. The van der Waals surface area contributed by atoms with Crippen molar-refractivity contribution in [3.63, 3.8) is 0 Å². The van der Waals surface area contributed by atoms with Crippen molar-refractivity contribution in [2.75, 3.05) is 13.7 Å². The Labute approximate surface area is 144 Å². The summed E-state index contributed by atoms with van der Waals surface area (Å²) in [7, 11) is 1.60. The highest BCUT2D eigenvalue weighted by atomic mass is 127. The molecule has 0 aliphatic carbocycles. The molecule has 2 aromatic rings. The van der Waals surface area contributed by atoms with Crippen molar-refractivity contribution in [1.29, 1.82) is 0 Å². The van der Waals surface area contributed by atoms with E-state index in [1.807, 2.05) is 31.2 Å². The second-order valence-corrected chi connectivity index (χ2v) is 5.93. The van der Waals surface area contributed by atoms with Crippen LogP contribution in [0, 0.1) is 3.57 Å². The lowest BCUT2D eigenvalue weighted by Gasteiger charge is -2.20. The summed E-state index contributed by atoms with van der Waals surface area (Å²) >= 11 is 2.26. The van der Waals surface area contributed by atoms with Crippen LogP contribution < -0.4 is 9.47 Å². The number of amides is 1. The molecule has 2 aromatic carbocycles. The van der Waals surface area contributed by atoms with Gasteiger partial charge in [-0.25, -0.2) is 4.79 Å². The molecule has 0 radical (unpaired) electrons. The summed E-state index contributed by atoms with van der Waals surface area (Å²) in [6.45, 7) is 3.05. The molecule has 0 bridgehead atoms. The molecule has 116 valence electrons. The highest BCUT2D eigenvalue weighted by Crippen LogP contribution is 2.18. The van der Waals surface area contributed by atoms with Gasteiger partial charge in [-0.15, -0.1) is 0 Å². The van der Waals surface area contributed by atoms with Crippen molar-refractivity contribution in [2.45, 2.75) is 13.5 Å². The van der Waals surface area contributed by atoms with E-state index in [2.05, 4.69) is 22.6 Å². The summed E-state index contributed by atoms with van der Waals surface area (Å²) in [4.78, 5) is 13.9. The molecular formula is C17H18INO3. The van der Waals surface area contributed by atoms with Crippen molar-refractivity contribution in [3.05, 3.63) is 57.7 Å². The number of nitrogens with zero attached hydrogens (tertiary/aromatic N) is 1. The highest BCUT2D eigenvalue weighted by molar-refractivity contribution is 14.1. The Morgan fingerprint density at radius 2 is 1.64 bits per heavy atom. The first-order valence-electron chi connectivity index (χ1n) is 6.97. The van der Waals surface area contributed by atoms with E-state index in [0.717, 1.165) is 11.3 Å². The van der Waals surface area contributed by atoms with E-state index in [-0.39, 0.29) is 6.09 Å². The molecule has 0 fully saturated rings. The average Bonchev–Trinajstić information content (AvgIpc) is 2.55. The third-order valence-corrected chi connectivity index (χ3v) is 3.91. The fraction of sp³-hybridized carbons (Fsp3) is 0.235. The summed E-state index contributed by atoms with van der Waals surface area (Å²) < 4.78 is 11.6. The van der Waals surface area contributed by atoms with Gasteiger partial charge in [-0.2, -0.15) is 0 Å². The third kappa shape index (κ3) is 4.62. The third-order valence-electron chi connectivity index (χ3n) is 3.19. The van der Waals surface area contributed by atoms with Crippen LogP contribution >= 0.6 is 22.6 Å². The Hall–Kier alpha value is -1.76. The predicted octanol–water partition coefficient (Wildman–Crippen LogP) is 4.32. The first kappa shape index (κ1) is 16.6. The van der Waals surface area contributed by atoms with Gasteiger partial charge in [0.05, 0.1) is 7.11 Å². The molecule has 22 heavy (non-hydrogen) atoms. The summed E-state index contributed by atoms with van der Waals surface area (Å²) in [5, 5.41) is 0. The Balaban J connectivity index is 1.99. The van der Waals surface area contributed by atoms with E-state index in [4.69, 9.17) is 9.47 Å². The van der Waals surface area contributed by atoms with Crippen molar-refractivity contribution in [3.8, 4) is 11.5 Å². The van der Waals surface area contributed by atoms with Crippen molar-refractivity contribution < 1.29 is 14.3 Å². The molecule has 0 unspecified atom stereocenters. The molecule has 2 rings (SSSR count). The molecule has 0 aliphatic heterocycles. The minimum absolute atomic E-state index is 0.355. The minimum atomic E-state index is -0.355. The van der Waals surface area contributed by atoms with E-state index >= 15 is 0 Å². The molecule has 1 amide bonds. The molecule has 4 nitrogen and oxygen atoms in total. The maximum Gasteiger partial charge on any atom is 0.415 e. The summed E-state index contributed by atoms with van der Waals surface area (Å²) in [5.41, 5.74) is 1.08. The fourth-order valence-electron chi connectivity index (χ4n) is 1.92. The largest absolute Gasteiger partial charge is 0.497 e. The molecule has 0 atom stereocenters. The summed E-state index contributed by atoms with van der Waals surface area (Å²) in [5.74, 6) is 1.23. The van der Waals surface area contributed by atoms with E-state index in [9.17, 15) is 4.79 Å². The highest BCUT2D eigenvalue weighted by Gasteiger charge is 2.14. The van der Waals surface area contributed by atoms with Gasteiger partial charge in [0.1, 0.15) is 11.5 Å². The zero-order valence-corrected chi connectivity index (χ0v) is 14.7. The molecular weight excluding hydrogens is 393 g/mol. The van der Waals surface area contributed by atoms with Crippen molar-refractivity contribution >= 4 is 28.7 Å². The molecule has 0 spiro atoms. The number of hydrogen-bond donors (Lipinski definition) is 0. The van der Waals surface area contributed by atoms with Gasteiger partial charge in [0.25, 0.3) is 0 Å². The smallest absolute Gasteiger partial charge is 0.415 e. The number of carbonyl (C=O) groups is 1. The summed E-state index contributed by atoms with van der Waals surface area (Å²) in [6.07, 6.45) is -0.355. The number of methoxy groups -OCH3 is 1. The number of ether oxygens (including phenoxy) is 2. The van der Waals surface area contributed by atoms with E-state index in [1.54, 1.807) is 36.3 Å². The normalized spacial score (nSPS) is 10.1. The molecule has 5 heteroatoms. The van der Waals surface area contributed by atoms with Gasteiger partial charge in [-0.05, 0) is 71.5 Å². The zero-order valence-electron chi connectivity index (χ0n) is 12.6. The molecule has 0 saturated heterocycles. The van der Waals surface area contributed by atoms with Gasteiger partial charge in [0, 0.05) is 16.7 Å². The van der Waals surface area contributed by atoms with E-state index in [1.165, 1.54) is 3.57 Å². The number of halogens is 1. The second-order valence-electron chi connectivity index (χ2n) is 4.68. The monoisotopic (exact) mass is 411 g/mol. The van der Waals surface area contributed by atoms with Crippen LogP contribution in [0.25, 0.3) is 0 Å². The Morgan fingerprint density at radius 3 is 2.18 bits per heavy atom. The number of benzene rings is 2. The molecule has 0 aliphatic rings. The van der Waals surface area contributed by atoms with Crippen LogP contribution in [0.5, 0.6) is 11.5 Å². The van der Waals surface area contributed by atoms with Crippen LogP contribution in [-0.4, -0.2) is 24.6 Å². The first-order valence-corrected chi connectivity index (χ1v) is 8.05. The molecule has 0 aromatic heterocycles. The quantitative estimate of drug-likeness (QED) is 0.688. The fourth-order valence-corrected chi connectivity index (χ4v) is 2.28. The Bertz CT molecular complexity index is 611. The van der Waals surface area contributed by atoms with Crippen LogP contribution in [0.1, 0.15) is 12.5 Å². The number of hydrogen-bond acceptors (Lipinski definition) is 3. The van der Waals surface area contributed by atoms with Gasteiger partial charge in [-0.3, -0.25) is 0 Å². The Kier molecular flexibility index (Phi) is 6.06. The topological polar surface area (TPSA) is 38.8 Å². The zero-order chi connectivity index (χ0) is 15.9. The van der Waals surface area contributed by atoms with Gasteiger partial charge in [0.15, 0.2) is 0 Å². The molecule has 0 heterocycles. The van der Waals surface area contributed by atoms with Crippen molar-refractivity contribution in [2.24, 2.45) is 0 Å². The summed E-state index contributed by atoms with van der Waals surface area (Å²) in [6, 6.07) is 15.0. The lowest BCUT2D eigenvalue weighted by atomic mass is 10.2. The second kappa shape index (κ2) is 8.03. The first-order chi connectivity index (χ1) is 10.6. The molecule has 0 saturated carbocycles. The van der Waals surface area contributed by atoms with Crippen molar-refractivity contribution in [1.82, 2.24) is 4.90 Å².